The largest absolute Gasteiger partial charge is 0.464 e. The van der Waals surface area contributed by atoms with Crippen LogP contribution in [-0.4, -0.2) is 22.6 Å². The summed E-state index contributed by atoms with van der Waals surface area (Å²) < 4.78 is 19.4. The van der Waals surface area contributed by atoms with E-state index in [9.17, 15) is 9.18 Å². The van der Waals surface area contributed by atoms with Gasteiger partial charge in [-0.25, -0.2) is 14.2 Å². The first kappa shape index (κ1) is 15.0. The van der Waals surface area contributed by atoms with E-state index in [2.05, 4.69) is 9.72 Å². The van der Waals surface area contributed by atoms with Crippen LogP contribution in [0.5, 0.6) is 0 Å². The molecule has 1 unspecified atom stereocenters. The SMILES string of the molecule is COC(=O)c1nc(C)n(C(C)Cc2ccc(F)cc2)c1N. The number of methoxy groups -OCH3 is 1. The lowest BCUT2D eigenvalue weighted by Crippen LogP contribution is -2.14. The summed E-state index contributed by atoms with van der Waals surface area (Å²) in [6.07, 6.45) is 0.655. The summed E-state index contributed by atoms with van der Waals surface area (Å²) >= 11 is 0. The Morgan fingerprint density at radius 2 is 2.05 bits per heavy atom. The molecule has 1 heterocycles. The number of nitrogens with two attached hydrogens (primary N) is 1. The van der Waals surface area contributed by atoms with E-state index in [1.807, 2.05) is 6.92 Å². The molecule has 1 atom stereocenters. The van der Waals surface area contributed by atoms with Gasteiger partial charge in [-0.1, -0.05) is 12.1 Å². The van der Waals surface area contributed by atoms with Crippen LogP contribution in [-0.2, 0) is 11.2 Å². The van der Waals surface area contributed by atoms with E-state index in [-0.39, 0.29) is 23.4 Å². The number of benzene rings is 1. The number of aromatic nitrogens is 2. The van der Waals surface area contributed by atoms with Crippen molar-refractivity contribution >= 4 is 11.8 Å². The molecule has 0 saturated heterocycles. The van der Waals surface area contributed by atoms with Gasteiger partial charge in [0.05, 0.1) is 7.11 Å². The number of esters is 1. The van der Waals surface area contributed by atoms with E-state index < -0.39 is 5.97 Å². The highest BCUT2D eigenvalue weighted by Gasteiger charge is 2.22. The van der Waals surface area contributed by atoms with Crippen molar-refractivity contribution in [1.29, 1.82) is 0 Å². The number of aryl methyl sites for hydroxylation is 1. The maximum atomic E-state index is 12.9. The van der Waals surface area contributed by atoms with E-state index in [4.69, 9.17) is 5.73 Å². The molecule has 2 aromatic rings. The molecule has 5 nitrogen and oxygen atoms in total. The van der Waals surface area contributed by atoms with E-state index >= 15 is 0 Å². The second-order valence-electron chi connectivity index (χ2n) is 4.93. The van der Waals surface area contributed by atoms with Gasteiger partial charge in [0.25, 0.3) is 0 Å². The lowest BCUT2D eigenvalue weighted by molar-refractivity contribution is 0.0595. The molecule has 0 aliphatic heterocycles. The number of ether oxygens (including phenoxy) is 1. The van der Waals surface area contributed by atoms with Crippen molar-refractivity contribution in [3.63, 3.8) is 0 Å². The Bertz CT molecular complexity index is 650. The number of carbonyl (C=O) groups is 1. The minimum absolute atomic E-state index is 0.0126. The average molecular weight is 291 g/mol. The second kappa shape index (κ2) is 5.95. The standard InChI is InChI=1S/C15H18FN3O2/c1-9(8-11-4-6-12(16)7-5-11)19-10(2)18-13(14(19)17)15(20)21-3/h4-7,9H,8,17H2,1-3H3. The predicted molar refractivity (Wildman–Crippen MR) is 77.5 cm³/mol. The van der Waals surface area contributed by atoms with Crippen LogP contribution < -0.4 is 5.73 Å². The zero-order valence-electron chi connectivity index (χ0n) is 12.3. The number of nitrogens with zero attached hydrogens (tertiary/aromatic N) is 2. The Hall–Kier alpha value is -2.37. The van der Waals surface area contributed by atoms with Crippen molar-refractivity contribution in [1.82, 2.24) is 9.55 Å². The fourth-order valence-corrected chi connectivity index (χ4v) is 2.42. The molecule has 2 rings (SSSR count). The van der Waals surface area contributed by atoms with Crippen LogP contribution in [0.4, 0.5) is 10.2 Å². The first-order valence-electron chi connectivity index (χ1n) is 6.61. The smallest absolute Gasteiger partial charge is 0.360 e. The highest BCUT2D eigenvalue weighted by atomic mass is 19.1. The van der Waals surface area contributed by atoms with Crippen molar-refractivity contribution in [2.24, 2.45) is 0 Å². The van der Waals surface area contributed by atoms with E-state index in [0.29, 0.717) is 12.2 Å². The quantitative estimate of drug-likeness (QED) is 0.879. The van der Waals surface area contributed by atoms with E-state index in [1.54, 1.807) is 23.6 Å². The highest BCUT2D eigenvalue weighted by molar-refractivity contribution is 5.92. The van der Waals surface area contributed by atoms with E-state index in [0.717, 1.165) is 5.56 Å². The first-order valence-corrected chi connectivity index (χ1v) is 6.61. The molecule has 0 saturated carbocycles. The number of imidazole rings is 1. The van der Waals surface area contributed by atoms with Crippen molar-refractivity contribution in [3.8, 4) is 0 Å². The molecule has 6 heteroatoms. The number of anilines is 1. The van der Waals surface area contributed by atoms with Gasteiger partial charge in [-0.3, -0.25) is 0 Å². The minimum atomic E-state index is -0.552. The molecule has 0 spiro atoms. The summed E-state index contributed by atoms with van der Waals surface area (Å²) in [6, 6.07) is 6.30. The zero-order valence-corrected chi connectivity index (χ0v) is 12.3. The van der Waals surface area contributed by atoms with Crippen molar-refractivity contribution in [3.05, 3.63) is 47.2 Å². The number of hydrogen-bond donors (Lipinski definition) is 1. The van der Waals surface area contributed by atoms with Gasteiger partial charge in [0, 0.05) is 6.04 Å². The van der Waals surface area contributed by atoms with Gasteiger partial charge in [-0.2, -0.15) is 0 Å². The Kier molecular flexibility index (Phi) is 4.26. The zero-order chi connectivity index (χ0) is 15.6. The summed E-state index contributed by atoms with van der Waals surface area (Å²) in [7, 11) is 1.29. The van der Waals surface area contributed by atoms with Crippen molar-refractivity contribution in [2.45, 2.75) is 26.3 Å². The normalized spacial score (nSPS) is 12.2. The lowest BCUT2D eigenvalue weighted by Gasteiger charge is -2.17. The van der Waals surface area contributed by atoms with Crippen molar-refractivity contribution < 1.29 is 13.9 Å². The van der Waals surface area contributed by atoms with Gasteiger partial charge in [-0.05, 0) is 38.0 Å². The second-order valence-corrected chi connectivity index (χ2v) is 4.93. The maximum absolute atomic E-state index is 12.9. The number of hydrogen-bond acceptors (Lipinski definition) is 4. The topological polar surface area (TPSA) is 70.1 Å². The van der Waals surface area contributed by atoms with Crippen LogP contribution >= 0.6 is 0 Å². The third kappa shape index (κ3) is 3.04. The van der Waals surface area contributed by atoms with Crippen LogP contribution in [0.3, 0.4) is 0 Å². The van der Waals surface area contributed by atoms with Crippen LogP contribution in [0.25, 0.3) is 0 Å². The first-order chi connectivity index (χ1) is 9.93. The molecular weight excluding hydrogens is 273 g/mol. The molecule has 112 valence electrons. The van der Waals surface area contributed by atoms with Gasteiger partial charge < -0.3 is 15.0 Å². The van der Waals surface area contributed by atoms with Gasteiger partial charge in [0.15, 0.2) is 5.69 Å². The molecule has 21 heavy (non-hydrogen) atoms. The molecule has 1 aromatic heterocycles. The van der Waals surface area contributed by atoms with Gasteiger partial charge >= 0.3 is 5.97 Å². The molecule has 1 aromatic carbocycles. The predicted octanol–water partition coefficient (Wildman–Crippen LogP) is 2.50. The monoisotopic (exact) mass is 291 g/mol. The van der Waals surface area contributed by atoms with Crippen LogP contribution in [0.2, 0.25) is 0 Å². The van der Waals surface area contributed by atoms with Gasteiger partial charge in [0.2, 0.25) is 0 Å². The fraction of sp³-hybridized carbons (Fsp3) is 0.333. The third-order valence-corrected chi connectivity index (χ3v) is 3.39. The molecule has 0 bridgehead atoms. The molecular formula is C15H18FN3O2. The summed E-state index contributed by atoms with van der Waals surface area (Å²) in [5.74, 6) is 0.109. The Labute approximate surface area is 122 Å². The van der Waals surface area contributed by atoms with E-state index in [1.165, 1.54) is 19.2 Å². The Balaban J connectivity index is 2.27. The molecule has 0 aliphatic carbocycles. The summed E-state index contributed by atoms with van der Waals surface area (Å²) in [4.78, 5) is 15.8. The molecule has 2 N–H and O–H groups in total. The van der Waals surface area contributed by atoms with Crippen LogP contribution in [0.1, 0.15) is 34.8 Å². The molecule has 0 amide bonds. The molecule has 0 radical (unpaired) electrons. The minimum Gasteiger partial charge on any atom is -0.464 e. The average Bonchev–Trinajstić information content (AvgIpc) is 2.75. The summed E-state index contributed by atoms with van der Waals surface area (Å²) in [6.45, 7) is 3.75. The van der Waals surface area contributed by atoms with Gasteiger partial charge in [-0.15, -0.1) is 0 Å². The summed E-state index contributed by atoms with van der Waals surface area (Å²) in [5.41, 5.74) is 7.11. The van der Waals surface area contributed by atoms with Crippen LogP contribution in [0.15, 0.2) is 24.3 Å². The maximum Gasteiger partial charge on any atom is 0.360 e. The number of nitrogen functional groups attached to an aromatic ring is 1. The van der Waals surface area contributed by atoms with Crippen molar-refractivity contribution in [2.75, 3.05) is 12.8 Å². The fourth-order valence-electron chi connectivity index (χ4n) is 2.42. The van der Waals surface area contributed by atoms with Gasteiger partial charge in [0.1, 0.15) is 17.5 Å². The third-order valence-electron chi connectivity index (χ3n) is 3.39. The number of halogens is 1. The Morgan fingerprint density at radius 1 is 1.43 bits per heavy atom. The summed E-state index contributed by atoms with van der Waals surface area (Å²) in [5, 5.41) is 0. The van der Waals surface area contributed by atoms with Crippen LogP contribution in [0, 0.1) is 12.7 Å². The number of rotatable bonds is 4. The Morgan fingerprint density at radius 3 is 2.62 bits per heavy atom. The molecule has 0 aliphatic rings. The number of carbonyl (C=O) groups excluding carboxylic acids is 1. The lowest BCUT2D eigenvalue weighted by atomic mass is 10.1. The molecule has 0 fully saturated rings. The highest BCUT2D eigenvalue weighted by Crippen LogP contribution is 2.23.